The van der Waals surface area contributed by atoms with Crippen molar-refractivity contribution in [1.82, 2.24) is 0 Å². The summed E-state index contributed by atoms with van der Waals surface area (Å²) in [6.07, 6.45) is -10.8. The largest absolute Gasteiger partial charge is 0.481 e. The van der Waals surface area contributed by atoms with Crippen LogP contribution in [0, 0.1) is 0 Å². The maximum atomic E-state index is 10.8. The standard InChI is InChI=1S/C10H16O10/c11-2-4-6(14)7(15)8(16)10(20-4)19-3(9(17)18)1-5(12)13/h3-4,6-8,10-11,14-16H,1-2H2,(H,12,13)(H,17,18)/t3?,4-,6-,7+,8-,10?/m1/s1. The minimum atomic E-state index is -1.81. The molecule has 0 bridgehead atoms. The number of ether oxygens (including phenoxy) is 2. The highest BCUT2D eigenvalue weighted by Gasteiger charge is 2.45. The van der Waals surface area contributed by atoms with Gasteiger partial charge in [0.2, 0.25) is 0 Å². The van der Waals surface area contributed by atoms with E-state index in [1.54, 1.807) is 0 Å². The molecule has 0 aromatic carbocycles. The van der Waals surface area contributed by atoms with E-state index in [2.05, 4.69) is 0 Å². The number of carbonyl (C=O) groups is 2. The molecule has 0 spiro atoms. The van der Waals surface area contributed by atoms with Crippen LogP contribution in [-0.2, 0) is 19.1 Å². The molecule has 1 aliphatic heterocycles. The highest BCUT2D eigenvalue weighted by molar-refractivity contribution is 5.79. The van der Waals surface area contributed by atoms with Crippen LogP contribution in [0.25, 0.3) is 0 Å². The molecule has 0 aromatic heterocycles. The van der Waals surface area contributed by atoms with E-state index in [9.17, 15) is 24.9 Å². The van der Waals surface area contributed by atoms with E-state index in [4.69, 9.17) is 24.8 Å². The molecule has 1 saturated heterocycles. The van der Waals surface area contributed by atoms with Gasteiger partial charge < -0.3 is 40.1 Å². The third-order valence-corrected chi connectivity index (χ3v) is 2.78. The van der Waals surface area contributed by atoms with Gasteiger partial charge in [-0.1, -0.05) is 0 Å². The number of carboxylic acids is 2. The van der Waals surface area contributed by atoms with Crippen LogP contribution in [0.1, 0.15) is 6.42 Å². The quantitative estimate of drug-likeness (QED) is 0.292. The molecule has 0 radical (unpaired) electrons. The van der Waals surface area contributed by atoms with E-state index in [0.29, 0.717) is 0 Å². The molecule has 0 amide bonds. The van der Waals surface area contributed by atoms with Crippen molar-refractivity contribution in [3.63, 3.8) is 0 Å². The van der Waals surface area contributed by atoms with Crippen LogP contribution in [0.3, 0.4) is 0 Å². The van der Waals surface area contributed by atoms with E-state index in [-0.39, 0.29) is 0 Å². The summed E-state index contributed by atoms with van der Waals surface area (Å²) < 4.78 is 9.70. The van der Waals surface area contributed by atoms with Crippen molar-refractivity contribution >= 4 is 11.9 Å². The Bertz CT molecular complexity index is 356. The second-order valence-electron chi connectivity index (χ2n) is 4.26. The zero-order chi connectivity index (χ0) is 15.4. The van der Waals surface area contributed by atoms with Gasteiger partial charge in [-0.2, -0.15) is 0 Å². The van der Waals surface area contributed by atoms with Gasteiger partial charge in [0, 0.05) is 0 Å². The normalized spacial score (nSPS) is 35.5. The summed E-state index contributed by atoms with van der Waals surface area (Å²) in [6, 6.07) is 0. The molecule has 0 aromatic rings. The Hall–Kier alpha value is -1.30. The molecule has 10 heteroatoms. The van der Waals surface area contributed by atoms with Gasteiger partial charge in [0.05, 0.1) is 13.0 Å². The van der Waals surface area contributed by atoms with Crippen molar-refractivity contribution in [2.45, 2.75) is 43.2 Å². The number of aliphatic carboxylic acids is 2. The first-order valence-electron chi connectivity index (χ1n) is 5.68. The molecule has 6 atom stereocenters. The Labute approximate surface area is 112 Å². The van der Waals surface area contributed by atoms with Crippen molar-refractivity contribution in [1.29, 1.82) is 0 Å². The lowest BCUT2D eigenvalue weighted by molar-refractivity contribution is -0.310. The van der Waals surface area contributed by atoms with Crippen LogP contribution in [0.5, 0.6) is 0 Å². The molecule has 116 valence electrons. The highest BCUT2D eigenvalue weighted by Crippen LogP contribution is 2.23. The molecular formula is C10H16O10. The minimum Gasteiger partial charge on any atom is -0.481 e. The van der Waals surface area contributed by atoms with Gasteiger partial charge in [-0.15, -0.1) is 0 Å². The van der Waals surface area contributed by atoms with Crippen LogP contribution < -0.4 is 0 Å². The summed E-state index contributed by atoms with van der Waals surface area (Å²) in [5.74, 6) is -3.04. The maximum Gasteiger partial charge on any atom is 0.333 e. The zero-order valence-electron chi connectivity index (χ0n) is 10.2. The highest BCUT2D eigenvalue weighted by atomic mass is 16.7. The number of hydrogen-bond acceptors (Lipinski definition) is 8. The van der Waals surface area contributed by atoms with Crippen molar-refractivity contribution in [3.05, 3.63) is 0 Å². The molecule has 20 heavy (non-hydrogen) atoms. The van der Waals surface area contributed by atoms with Crippen molar-refractivity contribution in [2.75, 3.05) is 6.61 Å². The molecule has 1 heterocycles. The average molecular weight is 296 g/mol. The van der Waals surface area contributed by atoms with Gasteiger partial charge in [-0.25, -0.2) is 4.79 Å². The van der Waals surface area contributed by atoms with Crippen molar-refractivity contribution in [2.24, 2.45) is 0 Å². The van der Waals surface area contributed by atoms with E-state index in [1.165, 1.54) is 0 Å². The van der Waals surface area contributed by atoms with Crippen molar-refractivity contribution in [3.8, 4) is 0 Å². The van der Waals surface area contributed by atoms with Gasteiger partial charge in [-0.05, 0) is 0 Å². The molecule has 2 unspecified atom stereocenters. The summed E-state index contributed by atoms with van der Waals surface area (Å²) >= 11 is 0. The third kappa shape index (κ3) is 3.85. The fraction of sp³-hybridized carbons (Fsp3) is 0.800. The lowest BCUT2D eigenvalue weighted by atomic mass is 9.99. The lowest BCUT2D eigenvalue weighted by Crippen LogP contribution is -2.60. The molecule has 1 rings (SSSR count). The monoisotopic (exact) mass is 296 g/mol. The second-order valence-corrected chi connectivity index (χ2v) is 4.26. The summed E-state index contributed by atoms with van der Waals surface area (Å²) in [5.41, 5.74) is 0. The summed E-state index contributed by atoms with van der Waals surface area (Å²) in [5, 5.41) is 54.8. The summed E-state index contributed by atoms with van der Waals surface area (Å²) in [4.78, 5) is 21.3. The number of rotatable bonds is 6. The van der Waals surface area contributed by atoms with Crippen LogP contribution in [0.15, 0.2) is 0 Å². The first-order valence-corrected chi connectivity index (χ1v) is 5.68. The van der Waals surface area contributed by atoms with Gasteiger partial charge in [0.1, 0.15) is 24.4 Å². The zero-order valence-corrected chi connectivity index (χ0v) is 10.2. The van der Waals surface area contributed by atoms with E-state index < -0.39 is 61.8 Å². The fourth-order valence-corrected chi connectivity index (χ4v) is 1.69. The molecule has 1 aliphatic rings. The Morgan fingerprint density at radius 1 is 1.10 bits per heavy atom. The van der Waals surface area contributed by atoms with E-state index in [1.807, 2.05) is 0 Å². The van der Waals surface area contributed by atoms with Crippen LogP contribution in [0.2, 0.25) is 0 Å². The van der Waals surface area contributed by atoms with Crippen molar-refractivity contribution < 1.29 is 49.7 Å². The number of carboxylic acid groups (broad SMARTS) is 2. The predicted octanol–water partition coefficient (Wildman–Crippen LogP) is -3.27. The van der Waals surface area contributed by atoms with Gasteiger partial charge in [-0.3, -0.25) is 4.79 Å². The molecule has 0 saturated carbocycles. The Morgan fingerprint density at radius 3 is 2.15 bits per heavy atom. The number of hydrogen-bond donors (Lipinski definition) is 6. The minimum absolute atomic E-state index is 0.707. The number of aliphatic hydroxyl groups excluding tert-OH is 4. The second kappa shape index (κ2) is 6.92. The van der Waals surface area contributed by atoms with Crippen LogP contribution in [0.4, 0.5) is 0 Å². The SMILES string of the molecule is O=C(O)CC(OC1O[C@H](CO)[C@@H](O)[C@H](O)[C@H]1O)C(=O)O. The number of aliphatic hydroxyl groups is 4. The summed E-state index contributed by atoms with van der Waals surface area (Å²) in [6.45, 7) is -0.707. The lowest BCUT2D eigenvalue weighted by Gasteiger charge is -2.40. The van der Waals surface area contributed by atoms with Gasteiger partial charge in [0.25, 0.3) is 0 Å². The molecule has 10 nitrogen and oxygen atoms in total. The smallest absolute Gasteiger partial charge is 0.333 e. The van der Waals surface area contributed by atoms with E-state index >= 15 is 0 Å². The molecule has 1 fully saturated rings. The maximum absolute atomic E-state index is 10.8. The average Bonchev–Trinajstić information content (AvgIpc) is 2.37. The molecular weight excluding hydrogens is 280 g/mol. The third-order valence-electron chi connectivity index (χ3n) is 2.78. The van der Waals surface area contributed by atoms with E-state index in [0.717, 1.165) is 0 Å². The van der Waals surface area contributed by atoms with Crippen LogP contribution in [-0.4, -0.2) is 86.0 Å². The topological polar surface area (TPSA) is 174 Å². The Morgan fingerprint density at radius 2 is 1.70 bits per heavy atom. The van der Waals surface area contributed by atoms with Gasteiger partial charge in [0.15, 0.2) is 12.4 Å². The molecule has 6 N–H and O–H groups in total. The fourth-order valence-electron chi connectivity index (χ4n) is 1.69. The Balaban J connectivity index is 2.77. The first-order chi connectivity index (χ1) is 9.27. The predicted molar refractivity (Wildman–Crippen MR) is 58.5 cm³/mol. The van der Waals surface area contributed by atoms with Crippen LogP contribution >= 0.6 is 0 Å². The summed E-state index contributed by atoms with van der Waals surface area (Å²) in [7, 11) is 0. The first kappa shape index (κ1) is 16.8. The van der Waals surface area contributed by atoms with Gasteiger partial charge >= 0.3 is 11.9 Å². The Kier molecular flexibility index (Phi) is 5.80. The molecule has 0 aliphatic carbocycles.